The van der Waals surface area contributed by atoms with Crippen LogP contribution in [0.2, 0.25) is 0 Å². The number of carboxylic acids is 1. The second kappa shape index (κ2) is 6.24. The number of aliphatic hydroxyl groups is 1. The molecule has 0 spiro atoms. The molecular formula is C15H21N3O3. The van der Waals surface area contributed by atoms with Crippen LogP contribution in [0.4, 0.5) is 0 Å². The summed E-state index contributed by atoms with van der Waals surface area (Å²) in [7, 11) is 1.87. The number of fused-ring (bicyclic) bond motifs is 1. The third kappa shape index (κ3) is 3.40. The fourth-order valence-electron chi connectivity index (χ4n) is 2.35. The van der Waals surface area contributed by atoms with E-state index in [2.05, 4.69) is 4.98 Å². The summed E-state index contributed by atoms with van der Waals surface area (Å²) in [5, 5.41) is 18.1. The summed E-state index contributed by atoms with van der Waals surface area (Å²) >= 11 is 0. The average molecular weight is 291 g/mol. The number of rotatable bonds is 6. The van der Waals surface area contributed by atoms with Gasteiger partial charge in [-0.3, -0.25) is 9.69 Å². The van der Waals surface area contributed by atoms with Gasteiger partial charge in [0.05, 0.1) is 24.2 Å². The van der Waals surface area contributed by atoms with Crippen molar-refractivity contribution in [3.05, 3.63) is 29.1 Å². The number of aliphatic hydroxyl groups excluding tert-OH is 1. The fourth-order valence-corrected chi connectivity index (χ4v) is 2.35. The Morgan fingerprint density at radius 2 is 2.00 bits per heavy atom. The Bertz CT molecular complexity index is 664. The lowest BCUT2D eigenvalue weighted by Gasteiger charge is -2.15. The van der Waals surface area contributed by atoms with Gasteiger partial charge in [-0.15, -0.1) is 0 Å². The van der Waals surface area contributed by atoms with Gasteiger partial charge in [0.25, 0.3) is 0 Å². The molecule has 114 valence electrons. The van der Waals surface area contributed by atoms with Crippen molar-refractivity contribution in [2.75, 3.05) is 20.2 Å². The predicted molar refractivity (Wildman–Crippen MR) is 80.3 cm³/mol. The number of likely N-dealkylation sites (N-methyl/N-ethyl adjacent to an activating group) is 1. The lowest BCUT2D eigenvalue weighted by Crippen LogP contribution is -2.24. The zero-order chi connectivity index (χ0) is 15.6. The summed E-state index contributed by atoms with van der Waals surface area (Å²) < 4.78 is 1.73. The number of carbonyl (C=O) groups is 1. The first-order chi connectivity index (χ1) is 9.92. The van der Waals surface area contributed by atoms with Gasteiger partial charge in [0, 0.05) is 6.54 Å². The first kappa shape index (κ1) is 15.5. The number of carboxylic acid groups (broad SMARTS) is 1. The predicted octanol–water partition coefficient (Wildman–Crippen LogP) is 1.16. The molecule has 0 amide bonds. The van der Waals surface area contributed by atoms with E-state index in [-0.39, 0.29) is 13.2 Å². The van der Waals surface area contributed by atoms with Gasteiger partial charge in [-0.1, -0.05) is 0 Å². The zero-order valence-electron chi connectivity index (χ0n) is 12.6. The summed E-state index contributed by atoms with van der Waals surface area (Å²) in [5.74, 6) is -0.188. The molecule has 2 N–H and O–H groups in total. The van der Waals surface area contributed by atoms with Gasteiger partial charge in [0.2, 0.25) is 0 Å². The molecule has 0 aliphatic carbocycles. The van der Waals surface area contributed by atoms with Gasteiger partial charge in [-0.05, 0) is 44.2 Å². The maximum absolute atomic E-state index is 11.1. The largest absolute Gasteiger partial charge is 0.480 e. The van der Waals surface area contributed by atoms with Crippen molar-refractivity contribution in [3.8, 4) is 0 Å². The molecule has 2 aromatic rings. The fraction of sp³-hybridized carbons (Fsp3) is 0.467. The first-order valence-corrected chi connectivity index (χ1v) is 6.90. The van der Waals surface area contributed by atoms with Crippen molar-refractivity contribution < 1.29 is 15.0 Å². The molecule has 6 heteroatoms. The second-order valence-corrected chi connectivity index (χ2v) is 5.39. The molecule has 0 aliphatic heterocycles. The quantitative estimate of drug-likeness (QED) is 0.835. The Morgan fingerprint density at radius 1 is 1.33 bits per heavy atom. The SMILES string of the molecule is Cc1cc2nc(CN(C)CCO)n(CC(=O)O)c2cc1C. The molecule has 1 aromatic heterocycles. The molecule has 0 saturated heterocycles. The third-order valence-electron chi connectivity index (χ3n) is 3.63. The number of benzene rings is 1. The number of aryl methyl sites for hydroxylation is 2. The van der Waals surface area contributed by atoms with Gasteiger partial charge in [0.1, 0.15) is 12.4 Å². The topological polar surface area (TPSA) is 78.6 Å². The molecule has 2 rings (SSSR count). The van der Waals surface area contributed by atoms with Crippen molar-refractivity contribution in [1.29, 1.82) is 0 Å². The lowest BCUT2D eigenvalue weighted by molar-refractivity contribution is -0.137. The summed E-state index contributed by atoms with van der Waals surface area (Å²) in [6, 6.07) is 3.97. The number of nitrogens with zero attached hydrogens (tertiary/aromatic N) is 3. The molecule has 0 aliphatic rings. The number of aliphatic carboxylic acids is 1. The summed E-state index contributed by atoms with van der Waals surface area (Å²) in [6.45, 7) is 5.00. The molecule has 0 radical (unpaired) electrons. The second-order valence-electron chi connectivity index (χ2n) is 5.39. The van der Waals surface area contributed by atoms with Crippen LogP contribution in [0.5, 0.6) is 0 Å². The van der Waals surface area contributed by atoms with Crippen LogP contribution in [-0.2, 0) is 17.9 Å². The van der Waals surface area contributed by atoms with Crippen LogP contribution in [0.15, 0.2) is 12.1 Å². The molecule has 21 heavy (non-hydrogen) atoms. The highest BCUT2D eigenvalue weighted by Gasteiger charge is 2.15. The molecule has 0 saturated carbocycles. The van der Waals surface area contributed by atoms with E-state index < -0.39 is 5.97 Å². The van der Waals surface area contributed by atoms with Gasteiger partial charge in [-0.25, -0.2) is 4.98 Å². The lowest BCUT2D eigenvalue weighted by atomic mass is 10.1. The maximum atomic E-state index is 11.1. The highest BCUT2D eigenvalue weighted by Crippen LogP contribution is 2.21. The molecule has 1 aromatic carbocycles. The summed E-state index contributed by atoms with van der Waals surface area (Å²) in [6.07, 6.45) is 0. The van der Waals surface area contributed by atoms with Crippen molar-refractivity contribution in [3.63, 3.8) is 0 Å². The molecular weight excluding hydrogens is 270 g/mol. The first-order valence-electron chi connectivity index (χ1n) is 6.90. The molecule has 1 heterocycles. The van der Waals surface area contributed by atoms with E-state index in [4.69, 9.17) is 10.2 Å². The number of imidazole rings is 1. The van der Waals surface area contributed by atoms with Gasteiger partial charge >= 0.3 is 5.97 Å². The Labute approximate surface area is 123 Å². The van der Waals surface area contributed by atoms with Crippen molar-refractivity contribution in [2.45, 2.75) is 26.9 Å². The van der Waals surface area contributed by atoms with Crippen LogP contribution in [-0.4, -0.2) is 50.8 Å². The Hall–Kier alpha value is -1.92. The van der Waals surface area contributed by atoms with E-state index in [0.29, 0.717) is 18.9 Å². The minimum absolute atomic E-state index is 0.0634. The highest BCUT2D eigenvalue weighted by atomic mass is 16.4. The van der Waals surface area contributed by atoms with E-state index in [1.165, 1.54) is 0 Å². The van der Waals surface area contributed by atoms with Gasteiger partial charge < -0.3 is 14.8 Å². The highest BCUT2D eigenvalue weighted by molar-refractivity contribution is 5.80. The van der Waals surface area contributed by atoms with Crippen molar-refractivity contribution in [2.24, 2.45) is 0 Å². The summed E-state index contributed by atoms with van der Waals surface area (Å²) in [5.41, 5.74) is 3.90. The molecule has 0 fully saturated rings. The number of hydrogen-bond acceptors (Lipinski definition) is 4. The molecule has 0 atom stereocenters. The Kier molecular flexibility index (Phi) is 4.59. The van der Waals surface area contributed by atoms with Gasteiger partial charge in [-0.2, -0.15) is 0 Å². The van der Waals surface area contributed by atoms with Crippen LogP contribution in [0, 0.1) is 13.8 Å². The molecule has 0 unspecified atom stereocenters. The standard InChI is InChI=1S/C15H21N3O3/c1-10-6-12-13(7-11(10)2)18(9-15(20)21)14(16-12)8-17(3)4-5-19/h6-7,19H,4-5,8-9H2,1-3H3,(H,20,21). The normalized spacial score (nSPS) is 11.5. The minimum Gasteiger partial charge on any atom is -0.480 e. The van der Waals surface area contributed by atoms with Crippen molar-refractivity contribution >= 4 is 17.0 Å². The van der Waals surface area contributed by atoms with Gasteiger partial charge in [0.15, 0.2) is 0 Å². The van der Waals surface area contributed by atoms with Crippen LogP contribution in [0.1, 0.15) is 17.0 Å². The van der Waals surface area contributed by atoms with E-state index in [1.807, 2.05) is 37.9 Å². The minimum atomic E-state index is -0.890. The average Bonchev–Trinajstić information content (AvgIpc) is 2.68. The zero-order valence-corrected chi connectivity index (χ0v) is 12.6. The van der Waals surface area contributed by atoms with E-state index >= 15 is 0 Å². The van der Waals surface area contributed by atoms with Crippen LogP contribution in [0.3, 0.4) is 0 Å². The monoisotopic (exact) mass is 291 g/mol. The Morgan fingerprint density at radius 3 is 2.62 bits per heavy atom. The van der Waals surface area contributed by atoms with E-state index in [9.17, 15) is 4.79 Å². The van der Waals surface area contributed by atoms with E-state index in [0.717, 1.165) is 22.2 Å². The maximum Gasteiger partial charge on any atom is 0.323 e. The van der Waals surface area contributed by atoms with Crippen molar-refractivity contribution in [1.82, 2.24) is 14.5 Å². The number of hydrogen-bond donors (Lipinski definition) is 2. The smallest absolute Gasteiger partial charge is 0.323 e. The third-order valence-corrected chi connectivity index (χ3v) is 3.63. The van der Waals surface area contributed by atoms with Crippen LogP contribution < -0.4 is 0 Å². The van der Waals surface area contributed by atoms with Crippen LogP contribution in [0.25, 0.3) is 11.0 Å². The van der Waals surface area contributed by atoms with E-state index in [1.54, 1.807) is 4.57 Å². The molecule has 6 nitrogen and oxygen atoms in total. The van der Waals surface area contributed by atoms with Crippen LogP contribution >= 0.6 is 0 Å². The number of aromatic nitrogens is 2. The molecule has 0 bridgehead atoms. The summed E-state index contributed by atoms with van der Waals surface area (Å²) in [4.78, 5) is 17.6. The Balaban J connectivity index is 2.49.